The molecule has 2 heterocycles. The van der Waals surface area contributed by atoms with Gasteiger partial charge in [0, 0.05) is 24.2 Å². The molecule has 0 unspecified atom stereocenters. The molecule has 0 N–H and O–H groups in total. The number of aromatic nitrogens is 1. The highest BCUT2D eigenvalue weighted by molar-refractivity contribution is 6.07. The zero-order valence-electron chi connectivity index (χ0n) is 12.8. The number of carbonyl (C=O) groups excluding carboxylic acids is 1. The molecule has 1 aliphatic heterocycles. The fraction of sp³-hybridized carbons (Fsp3) is 0.412. The van der Waals surface area contributed by atoms with Crippen molar-refractivity contribution < 1.29 is 9.53 Å². The van der Waals surface area contributed by atoms with Crippen LogP contribution in [0.1, 0.15) is 27.2 Å². The van der Waals surface area contributed by atoms with Crippen molar-refractivity contribution in [2.45, 2.75) is 20.8 Å². The molecule has 21 heavy (non-hydrogen) atoms. The van der Waals surface area contributed by atoms with E-state index in [0.29, 0.717) is 26.3 Å². The maximum atomic E-state index is 12.8. The number of nitrogens with zero attached hydrogens (tertiary/aromatic N) is 2. The molecule has 2 aromatic rings. The predicted octanol–water partition coefficient (Wildman–Crippen LogP) is 2.63. The topological polar surface area (TPSA) is 42.4 Å². The smallest absolute Gasteiger partial charge is 0.254 e. The Hall–Kier alpha value is -1.94. The summed E-state index contributed by atoms with van der Waals surface area (Å²) in [6.45, 7) is 8.59. The molecule has 4 heteroatoms. The summed E-state index contributed by atoms with van der Waals surface area (Å²) in [7, 11) is 0. The summed E-state index contributed by atoms with van der Waals surface area (Å²) >= 11 is 0. The molecule has 1 aliphatic rings. The summed E-state index contributed by atoms with van der Waals surface area (Å²) in [5.41, 5.74) is 4.83. The number of rotatable bonds is 1. The minimum absolute atomic E-state index is 0.0822. The third kappa shape index (κ3) is 2.63. The third-order valence-corrected chi connectivity index (χ3v) is 3.91. The molecule has 1 amide bonds. The van der Waals surface area contributed by atoms with Gasteiger partial charge in [-0.3, -0.25) is 9.78 Å². The van der Waals surface area contributed by atoms with Gasteiger partial charge in [0.15, 0.2) is 0 Å². The molecule has 3 rings (SSSR count). The van der Waals surface area contributed by atoms with Crippen LogP contribution in [0.15, 0.2) is 18.2 Å². The summed E-state index contributed by atoms with van der Waals surface area (Å²) in [4.78, 5) is 19.3. The van der Waals surface area contributed by atoms with Crippen molar-refractivity contribution in [3.63, 3.8) is 0 Å². The van der Waals surface area contributed by atoms with E-state index in [-0.39, 0.29) is 5.91 Å². The summed E-state index contributed by atoms with van der Waals surface area (Å²) in [5.74, 6) is 0.0822. The van der Waals surface area contributed by atoms with E-state index in [1.165, 1.54) is 0 Å². The van der Waals surface area contributed by atoms with Crippen LogP contribution in [-0.2, 0) is 4.74 Å². The Morgan fingerprint density at radius 3 is 2.57 bits per heavy atom. The number of hydrogen-bond donors (Lipinski definition) is 0. The molecule has 0 atom stereocenters. The van der Waals surface area contributed by atoms with Crippen molar-refractivity contribution in [1.29, 1.82) is 0 Å². The minimum atomic E-state index is 0.0822. The highest BCUT2D eigenvalue weighted by Gasteiger charge is 2.21. The lowest BCUT2D eigenvalue weighted by atomic mass is 10.0. The van der Waals surface area contributed by atoms with Crippen LogP contribution in [0.5, 0.6) is 0 Å². The van der Waals surface area contributed by atoms with Crippen molar-refractivity contribution in [2.75, 3.05) is 26.3 Å². The summed E-state index contributed by atoms with van der Waals surface area (Å²) in [6, 6.07) is 6.07. The SMILES string of the molecule is Cc1cc(C)c2nc(C)cc(C(=O)N3CCOCC3)c2c1. The fourth-order valence-electron chi connectivity index (χ4n) is 2.92. The lowest BCUT2D eigenvalue weighted by Crippen LogP contribution is -2.40. The van der Waals surface area contributed by atoms with Crippen LogP contribution in [0.3, 0.4) is 0 Å². The van der Waals surface area contributed by atoms with Crippen LogP contribution < -0.4 is 0 Å². The maximum Gasteiger partial charge on any atom is 0.254 e. The van der Waals surface area contributed by atoms with E-state index < -0.39 is 0 Å². The van der Waals surface area contributed by atoms with Gasteiger partial charge < -0.3 is 9.64 Å². The number of morpholine rings is 1. The predicted molar refractivity (Wildman–Crippen MR) is 82.7 cm³/mol. The quantitative estimate of drug-likeness (QED) is 0.808. The molecule has 1 fully saturated rings. The van der Waals surface area contributed by atoms with Crippen molar-refractivity contribution >= 4 is 16.8 Å². The van der Waals surface area contributed by atoms with Crippen LogP contribution in [-0.4, -0.2) is 42.1 Å². The second-order valence-electron chi connectivity index (χ2n) is 5.69. The van der Waals surface area contributed by atoms with E-state index >= 15 is 0 Å². The molecule has 4 nitrogen and oxygen atoms in total. The number of ether oxygens (including phenoxy) is 1. The van der Waals surface area contributed by atoms with E-state index in [0.717, 1.165) is 33.3 Å². The van der Waals surface area contributed by atoms with Crippen LogP contribution >= 0.6 is 0 Å². The molecule has 1 aromatic heterocycles. The third-order valence-electron chi connectivity index (χ3n) is 3.91. The molecule has 0 saturated carbocycles. The van der Waals surface area contributed by atoms with Gasteiger partial charge in [-0.2, -0.15) is 0 Å². The van der Waals surface area contributed by atoms with Gasteiger partial charge in [-0.25, -0.2) is 0 Å². The number of pyridine rings is 1. The Labute approximate surface area is 124 Å². The average Bonchev–Trinajstić information content (AvgIpc) is 2.47. The van der Waals surface area contributed by atoms with E-state index in [1.54, 1.807) is 0 Å². The van der Waals surface area contributed by atoms with Gasteiger partial charge in [0.2, 0.25) is 0 Å². The first-order chi connectivity index (χ1) is 10.1. The van der Waals surface area contributed by atoms with Gasteiger partial charge in [0.25, 0.3) is 5.91 Å². The van der Waals surface area contributed by atoms with E-state index in [4.69, 9.17) is 4.74 Å². The summed E-state index contributed by atoms with van der Waals surface area (Å²) in [5, 5.41) is 0.953. The Morgan fingerprint density at radius 2 is 1.86 bits per heavy atom. The lowest BCUT2D eigenvalue weighted by Gasteiger charge is -2.27. The van der Waals surface area contributed by atoms with Gasteiger partial charge in [-0.05, 0) is 38.5 Å². The van der Waals surface area contributed by atoms with Gasteiger partial charge in [-0.1, -0.05) is 11.6 Å². The maximum absolute atomic E-state index is 12.8. The van der Waals surface area contributed by atoms with Crippen molar-refractivity contribution in [3.05, 3.63) is 40.6 Å². The molecule has 1 saturated heterocycles. The minimum Gasteiger partial charge on any atom is -0.378 e. The van der Waals surface area contributed by atoms with Crippen LogP contribution in [0.4, 0.5) is 0 Å². The van der Waals surface area contributed by atoms with E-state index in [1.807, 2.05) is 24.8 Å². The zero-order chi connectivity index (χ0) is 15.0. The second-order valence-corrected chi connectivity index (χ2v) is 5.69. The summed E-state index contributed by atoms with van der Waals surface area (Å²) in [6.07, 6.45) is 0. The van der Waals surface area contributed by atoms with Gasteiger partial charge in [-0.15, -0.1) is 0 Å². The van der Waals surface area contributed by atoms with Crippen LogP contribution in [0, 0.1) is 20.8 Å². The molecular weight excluding hydrogens is 264 g/mol. The molecule has 0 bridgehead atoms. The number of aryl methyl sites for hydroxylation is 3. The molecule has 0 aliphatic carbocycles. The first-order valence-electron chi connectivity index (χ1n) is 7.32. The highest BCUT2D eigenvalue weighted by atomic mass is 16.5. The normalized spacial score (nSPS) is 15.5. The molecule has 0 radical (unpaired) electrons. The van der Waals surface area contributed by atoms with Gasteiger partial charge in [0.05, 0.1) is 24.3 Å². The largest absolute Gasteiger partial charge is 0.378 e. The lowest BCUT2D eigenvalue weighted by molar-refractivity contribution is 0.0304. The van der Waals surface area contributed by atoms with Gasteiger partial charge >= 0.3 is 0 Å². The van der Waals surface area contributed by atoms with Crippen molar-refractivity contribution in [1.82, 2.24) is 9.88 Å². The highest BCUT2D eigenvalue weighted by Crippen LogP contribution is 2.24. The second kappa shape index (κ2) is 5.45. The van der Waals surface area contributed by atoms with E-state index in [2.05, 4.69) is 24.0 Å². The number of amides is 1. The number of benzene rings is 1. The zero-order valence-corrected chi connectivity index (χ0v) is 12.8. The van der Waals surface area contributed by atoms with Gasteiger partial charge in [0.1, 0.15) is 0 Å². The van der Waals surface area contributed by atoms with Crippen LogP contribution in [0.25, 0.3) is 10.9 Å². The van der Waals surface area contributed by atoms with E-state index in [9.17, 15) is 4.79 Å². The number of hydrogen-bond acceptors (Lipinski definition) is 3. The fourth-order valence-corrected chi connectivity index (χ4v) is 2.92. The Bertz CT molecular complexity index is 703. The molecule has 1 aromatic carbocycles. The van der Waals surface area contributed by atoms with Crippen molar-refractivity contribution in [2.24, 2.45) is 0 Å². The van der Waals surface area contributed by atoms with Crippen LogP contribution in [0.2, 0.25) is 0 Å². The standard InChI is InChI=1S/C17H20N2O2/c1-11-8-12(2)16-14(9-11)15(10-13(3)18-16)17(20)19-4-6-21-7-5-19/h8-10H,4-7H2,1-3H3. The molecule has 0 spiro atoms. The average molecular weight is 284 g/mol. The number of carbonyl (C=O) groups is 1. The molecular formula is C17H20N2O2. The Morgan fingerprint density at radius 1 is 1.14 bits per heavy atom. The summed E-state index contributed by atoms with van der Waals surface area (Å²) < 4.78 is 5.33. The molecule has 110 valence electrons. The monoisotopic (exact) mass is 284 g/mol. The first-order valence-corrected chi connectivity index (χ1v) is 7.32. The Balaban J connectivity index is 2.14. The Kier molecular flexibility index (Phi) is 3.64. The number of fused-ring (bicyclic) bond motifs is 1. The van der Waals surface area contributed by atoms with Crippen molar-refractivity contribution in [3.8, 4) is 0 Å². The first kappa shape index (κ1) is 14.0.